The molecule has 2 amide bonds. The molecule has 0 saturated carbocycles. The minimum atomic E-state index is -5.31. The molecule has 3 saturated heterocycles. The lowest BCUT2D eigenvalue weighted by Gasteiger charge is -2.48. The largest absolute Gasteiger partial charge is 0.430 e. The van der Waals surface area contributed by atoms with E-state index in [4.69, 9.17) is 46.4 Å². The van der Waals surface area contributed by atoms with E-state index in [1.54, 1.807) is 12.1 Å². The molecule has 2 N–H and O–H groups in total. The monoisotopic (exact) mass is 716 g/mol. The Kier molecular flexibility index (Phi) is 9.77. The second-order valence-corrected chi connectivity index (χ2v) is 13.3. The number of carbonyl (C=O) groups excluding carboxylic acids is 2. The van der Waals surface area contributed by atoms with Gasteiger partial charge < -0.3 is 20.2 Å². The van der Waals surface area contributed by atoms with Gasteiger partial charge in [0.05, 0.1) is 21.7 Å². The Morgan fingerprint density at radius 1 is 0.844 bits per heavy atom. The van der Waals surface area contributed by atoms with Gasteiger partial charge in [-0.3, -0.25) is 14.5 Å². The molecule has 0 bridgehead atoms. The van der Waals surface area contributed by atoms with E-state index in [1.165, 1.54) is 11.0 Å². The third-order valence-corrected chi connectivity index (χ3v) is 9.62. The summed E-state index contributed by atoms with van der Waals surface area (Å²) in [6.45, 7) is 1.04. The SMILES string of the molecule is O=C(c1c(Cl)cc(NC2CN(C3CCN(C(=O)[C@](O)(c4cc(Cl)cc(Cl)c4)C(F)(F)F)CC3)C2)cc1Cl)N1CCC(F)(F)CC1. The van der Waals surface area contributed by atoms with Gasteiger partial charge in [-0.05, 0) is 43.2 Å². The van der Waals surface area contributed by atoms with Crippen molar-refractivity contribution in [3.63, 3.8) is 0 Å². The summed E-state index contributed by atoms with van der Waals surface area (Å²) in [5.74, 6) is -4.78. The number of hydrogen-bond donors (Lipinski definition) is 2. The van der Waals surface area contributed by atoms with Crippen molar-refractivity contribution in [3.05, 3.63) is 61.5 Å². The van der Waals surface area contributed by atoms with Crippen LogP contribution in [0.2, 0.25) is 20.1 Å². The summed E-state index contributed by atoms with van der Waals surface area (Å²) in [6.07, 6.45) is -5.35. The molecular weight excluding hydrogens is 689 g/mol. The zero-order valence-corrected chi connectivity index (χ0v) is 26.6. The van der Waals surface area contributed by atoms with Gasteiger partial charge in [-0.25, -0.2) is 8.78 Å². The van der Waals surface area contributed by atoms with E-state index in [2.05, 4.69) is 10.2 Å². The van der Waals surface area contributed by atoms with Crippen LogP contribution in [0.4, 0.5) is 27.6 Å². The molecule has 0 aliphatic carbocycles. The van der Waals surface area contributed by atoms with Crippen LogP contribution in [-0.4, -0.2) is 95.1 Å². The van der Waals surface area contributed by atoms with Crippen molar-refractivity contribution in [3.8, 4) is 0 Å². The van der Waals surface area contributed by atoms with Crippen LogP contribution in [0.1, 0.15) is 41.6 Å². The topological polar surface area (TPSA) is 76.1 Å². The fourth-order valence-electron chi connectivity index (χ4n) is 6.03. The number of anilines is 1. The number of aliphatic hydroxyl groups is 1. The van der Waals surface area contributed by atoms with Gasteiger partial charge >= 0.3 is 6.18 Å². The maximum Gasteiger partial charge on any atom is 0.430 e. The number of alkyl halides is 5. The average molecular weight is 718 g/mol. The van der Waals surface area contributed by atoms with Crippen LogP contribution in [0, 0.1) is 0 Å². The van der Waals surface area contributed by atoms with Crippen LogP contribution < -0.4 is 5.32 Å². The summed E-state index contributed by atoms with van der Waals surface area (Å²) < 4.78 is 69.3. The Morgan fingerprint density at radius 2 is 1.38 bits per heavy atom. The van der Waals surface area contributed by atoms with Crippen LogP contribution in [-0.2, 0) is 10.4 Å². The molecule has 7 nitrogen and oxygen atoms in total. The van der Waals surface area contributed by atoms with E-state index in [9.17, 15) is 36.6 Å². The van der Waals surface area contributed by atoms with Crippen molar-refractivity contribution in [1.82, 2.24) is 14.7 Å². The first-order valence-corrected chi connectivity index (χ1v) is 15.7. The number of nitrogens with zero attached hydrogens (tertiary/aromatic N) is 3. The van der Waals surface area contributed by atoms with Crippen molar-refractivity contribution in [1.29, 1.82) is 0 Å². The number of likely N-dealkylation sites (tertiary alicyclic amines) is 3. The van der Waals surface area contributed by atoms with Crippen LogP contribution in [0.15, 0.2) is 30.3 Å². The van der Waals surface area contributed by atoms with Crippen molar-refractivity contribution < 1.29 is 36.6 Å². The van der Waals surface area contributed by atoms with Gasteiger partial charge in [0.1, 0.15) is 0 Å². The van der Waals surface area contributed by atoms with Crippen LogP contribution in [0.5, 0.6) is 0 Å². The average Bonchev–Trinajstić information content (AvgIpc) is 2.92. The van der Waals surface area contributed by atoms with Gasteiger partial charge in [0, 0.05) is 79.4 Å². The molecule has 3 aliphatic rings. The number of benzene rings is 2. The fraction of sp³-hybridized carbons (Fsp3) is 0.517. The van der Waals surface area contributed by atoms with Crippen LogP contribution in [0.3, 0.4) is 0 Å². The molecule has 3 heterocycles. The van der Waals surface area contributed by atoms with Crippen LogP contribution >= 0.6 is 46.4 Å². The molecule has 3 aliphatic heterocycles. The molecule has 2 aromatic carbocycles. The van der Waals surface area contributed by atoms with E-state index >= 15 is 0 Å². The highest BCUT2D eigenvalue weighted by molar-refractivity contribution is 6.40. The smallest absolute Gasteiger partial charge is 0.380 e. The van der Waals surface area contributed by atoms with E-state index in [1.807, 2.05) is 0 Å². The summed E-state index contributed by atoms with van der Waals surface area (Å²) in [5.41, 5.74) is -3.92. The molecule has 0 aromatic heterocycles. The minimum absolute atomic E-state index is 0.00873. The summed E-state index contributed by atoms with van der Waals surface area (Å²) in [6, 6.07) is 6.08. The molecule has 0 unspecified atom stereocenters. The zero-order chi connectivity index (χ0) is 32.9. The maximum absolute atomic E-state index is 14.1. The lowest BCUT2D eigenvalue weighted by atomic mass is 9.89. The van der Waals surface area contributed by atoms with Gasteiger partial charge in [-0.2, -0.15) is 13.2 Å². The van der Waals surface area contributed by atoms with Gasteiger partial charge in [0.25, 0.3) is 23.3 Å². The van der Waals surface area contributed by atoms with Crippen molar-refractivity contribution in [2.45, 2.75) is 55.5 Å². The summed E-state index contributed by atoms with van der Waals surface area (Å²) in [5, 5.41) is 13.9. The molecule has 0 radical (unpaired) electrons. The first-order valence-electron chi connectivity index (χ1n) is 14.2. The lowest BCUT2D eigenvalue weighted by molar-refractivity contribution is -0.262. The summed E-state index contributed by atoms with van der Waals surface area (Å²) in [7, 11) is 0. The van der Waals surface area contributed by atoms with Crippen molar-refractivity contribution in [2.24, 2.45) is 0 Å². The lowest BCUT2D eigenvalue weighted by Crippen LogP contribution is -2.62. The van der Waals surface area contributed by atoms with E-state index < -0.39 is 47.9 Å². The van der Waals surface area contributed by atoms with Gasteiger partial charge in [0.15, 0.2) is 0 Å². The first kappa shape index (κ1) is 34.3. The number of halogens is 9. The number of hydrogen-bond acceptors (Lipinski definition) is 5. The number of nitrogens with one attached hydrogen (secondary N) is 1. The van der Waals surface area contributed by atoms with Gasteiger partial charge in [-0.1, -0.05) is 46.4 Å². The highest BCUT2D eigenvalue weighted by atomic mass is 35.5. The Hall–Kier alpha value is -2.09. The van der Waals surface area contributed by atoms with Crippen LogP contribution in [0.25, 0.3) is 0 Å². The highest BCUT2D eigenvalue weighted by Crippen LogP contribution is 2.43. The quantitative estimate of drug-likeness (QED) is 0.325. The predicted molar refractivity (Wildman–Crippen MR) is 162 cm³/mol. The summed E-state index contributed by atoms with van der Waals surface area (Å²) >= 11 is 24.5. The van der Waals surface area contributed by atoms with Gasteiger partial charge in [0.2, 0.25) is 0 Å². The molecule has 3 fully saturated rings. The number of amides is 2. The first-order chi connectivity index (χ1) is 21.0. The zero-order valence-electron chi connectivity index (χ0n) is 23.6. The Balaban J connectivity index is 1.15. The van der Waals surface area contributed by atoms with Crippen molar-refractivity contribution in [2.75, 3.05) is 44.6 Å². The normalized spacial score (nSPS) is 21.3. The third-order valence-electron chi connectivity index (χ3n) is 8.59. The Morgan fingerprint density at radius 3 is 1.89 bits per heavy atom. The molecule has 1 atom stereocenters. The summed E-state index contributed by atoms with van der Waals surface area (Å²) in [4.78, 5) is 30.5. The van der Waals surface area contributed by atoms with Crippen molar-refractivity contribution >= 4 is 63.9 Å². The van der Waals surface area contributed by atoms with E-state index in [-0.39, 0.29) is 63.9 Å². The molecule has 16 heteroatoms. The predicted octanol–water partition coefficient (Wildman–Crippen LogP) is 6.71. The molecule has 2 aromatic rings. The van der Waals surface area contributed by atoms with E-state index in [0.717, 1.165) is 17.0 Å². The van der Waals surface area contributed by atoms with E-state index in [0.29, 0.717) is 31.6 Å². The Bertz CT molecular complexity index is 1410. The molecule has 246 valence electrons. The third kappa shape index (κ3) is 7.11. The molecule has 5 rings (SSSR count). The maximum atomic E-state index is 14.1. The molecular formula is C29H29Cl4F5N4O3. The second kappa shape index (κ2) is 12.8. The van der Waals surface area contributed by atoms with Gasteiger partial charge in [-0.15, -0.1) is 0 Å². The molecule has 0 spiro atoms. The highest BCUT2D eigenvalue weighted by Gasteiger charge is 2.62. The number of carbonyl (C=O) groups is 2. The second-order valence-electron chi connectivity index (χ2n) is 11.6. The number of piperidine rings is 2. The fourth-order valence-corrected chi connectivity index (χ4v) is 7.20. The standard InChI is InChI=1S/C29H29Cl4F5N4O3/c30-17-9-16(10-18(31)11-17)28(45,29(36,37)38)26(44)41-5-1-21(2-6-41)42-14-20(15-42)39-19-12-22(32)24(23(33)13-19)25(43)40-7-3-27(34,35)4-8-40/h9-13,20-21,39,45H,1-8,14-15H2/t28-/m1/s1. The number of rotatable bonds is 6. The Labute approximate surface area is 276 Å². The molecule has 45 heavy (non-hydrogen) atoms. The minimum Gasteiger partial charge on any atom is -0.380 e.